The van der Waals surface area contributed by atoms with Gasteiger partial charge in [0.25, 0.3) is 0 Å². The van der Waals surface area contributed by atoms with Gasteiger partial charge in [0, 0.05) is 5.02 Å². The van der Waals surface area contributed by atoms with E-state index in [-0.39, 0.29) is 10.7 Å². The quantitative estimate of drug-likeness (QED) is 0.653. The standard InChI is InChI=1S/C6H4Cl2FN/c7-4-1-2-6(10-9)5(8)3-4/h1-3,10H. The smallest absolute Gasteiger partial charge is 0.0842 e. The summed E-state index contributed by atoms with van der Waals surface area (Å²) in [6.45, 7) is 0. The minimum absolute atomic E-state index is 0.228. The fourth-order valence-corrected chi connectivity index (χ4v) is 1.01. The predicted octanol–water partition coefficient (Wildman–Crippen LogP) is 3.29. The molecule has 0 saturated heterocycles. The average Bonchev–Trinajstić information content (AvgIpc) is 1.88. The summed E-state index contributed by atoms with van der Waals surface area (Å²) in [5.74, 6) is 0. The van der Waals surface area contributed by atoms with Crippen molar-refractivity contribution < 1.29 is 4.48 Å². The molecule has 0 fully saturated rings. The fraction of sp³-hybridized carbons (Fsp3) is 0. The predicted molar refractivity (Wildman–Crippen MR) is 41.2 cm³/mol. The molecular weight excluding hydrogens is 176 g/mol. The number of halogens is 3. The van der Waals surface area contributed by atoms with Crippen molar-refractivity contribution in [2.45, 2.75) is 0 Å². The molecule has 0 amide bonds. The first-order valence-corrected chi connectivity index (χ1v) is 3.31. The SMILES string of the molecule is FNc1ccc(Cl)cc1Cl. The third-order valence-corrected chi connectivity index (χ3v) is 1.58. The van der Waals surface area contributed by atoms with Crippen molar-refractivity contribution in [2.24, 2.45) is 0 Å². The van der Waals surface area contributed by atoms with Gasteiger partial charge in [-0.15, -0.1) is 4.48 Å². The van der Waals surface area contributed by atoms with Crippen molar-refractivity contribution in [3.63, 3.8) is 0 Å². The van der Waals surface area contributed by atoms with Gasteiger partial charge >= 0.3 is 0 Å². The molecule has 1 nitrogen and oxygen atoms in total. The van der Waals surface area contributed by atoms with Gasteiger partial charge in [0.15, 0.2) is 0 Å². The zero-order chi connectivity index (χ0) is 7.56. The number of benzene rings is 1. The highest BCUT2D eigenvalue weighted by molar-refractivity contribution is 6.36. The molecule has 0 saturated carbocycles. The summed E-state index contributed by atoms with van der Waals surface area (Å²) in [5.41, 5.74) is 1.66. The first-order chi connectivity index (χ1) is 4.74. The number of anilines is 1. The Kier molecular flexibility index (Phi) is 2.35. The average molecular weight is 180 g/mol. The van der Waals surface area contributed by atoms with Gasteiger partial charge in [0.05, 0.1) is 10.7 Å². The van der Waals surface area contributed by atoms with E-state index in [0.717, 1.165) is 0 Å². The molecule has 1 rings (SSSR count). The van der Waals surface area contributed by atoms with Gasteiger partial charge in [0.2, 0.25) is 0 Å². The van der Waals surface area contributed by atoms with Crippen LogP contribution in [0.25, 0.3) is 0 Å². The van der Waals surface area contributed by atoms with Gasteiger partial charge < -0.3 is 0 Å². The highest BCUT2D eigenvalue weighted by atomic mass is 35.5. The second-order valence-electron chi connectivity index (χ2n) is 1.72. The lowest BCUT2D eigenvalue weighted by atomic mass is 10.3. The second kappa shape index (κ2) is 3.08. The Morgan fingerprint density at radius 1 is 1.30 bits per heavy atom. The summed E-state index contributed by atoms with van der Waals surface area (Å²) in [6.07, 6.45) is 0. The zero-order valence-corrected chi connectivity index (χ0v) is 6.38. The van der Waals surface area contributed by atoms with E-state index < -0.39 is 0 Å². The van der Waals surface area contributed by atoms with E-state index in [0.29, 0.717) is 5.02 Å². The third-order valence-electron chi connectivity index (χ3n) is 1.03. The van der Waals surface area contributed by atoms with E-state index in [1.165, 1.54) is 17.7 Å². The zero-order valence-electron chi connectivity index (χ0n) is 4.87. The van der Waals surface area contributed by atoms with Crippen LogP contribution in [0.15, 0.2) is 18.2 Å². The van der Waals surface area contributed by atoms with Gasteiger partial charge in [0.1, 0.15) is 0 Å². The summed E-state index contributed by atoms with van der Waals surface area (Å²) in [5, 5.41) is 0.763. The number of hydrogen-bond donors (Lipinski definition) is 1. The molecule has 0 aliphatic carbocycles. The Morgan fingerprint density at radius 3 is 2.50 bits per heavy atom. The van der Waals surface area contributed by atoms with Crippen LogP contribution in [0.3, 0.4) is 0 Å². The lowest BCUT2D eigenvalue weighted by Crippen LogP contribution is -1.81. The van der Waals surface area contributed by atoms with Gasteiger partial charge in [-0.1, -0.05) is 23.2 Å². The molecule has 0 unspecified atom stereocenters. The number of rotatable bonds is 1. The van der Waals surface area contributed by atoms with Crippen LogP contribution in [0.1, 0.15) is 0 Å². The Bertz CT molecular complexity index is 239. The van der Waals surface area contributed by atoms with Crippen LogP contribution in [0.4, 0.5) is 10.2 Å². The summed E-state index contributed by atoms with van der Waals surface area (Å²) in [6, 6.07) is 4.48. The molecular formula is C6H4Cl2FN. The number of nitrogens with one attached hydrogen (secondary N) is 1. The monoisotopic (exact) mass is 179 g/mol. The van der Waals surface area contributed by atoms with Crippen LogP contribution in [0.5, 0.6) is 0 Å². The second-order valence-corrected chi connectivity index (χ2v) is 2.56. The van der Waals surface area contributed by atoms with E-state index in [9.17, 15) is 4.48 Å². The largest absolute Gasteiger partial charge is 0.223 e. The third kappa shape index (κ3) is 1.52. The molecule has 0 atom stereocenters. The number of hydrogen-bond acceptors (Lipinski definition) is 1. The van der Waals surface area contributed by atoms with Crippen molar-refractivity contribution in [3.05, 3.63) is 28.2 Å². The van der Waals surface area contributed by atoms with E-state index in [1.54, 1.807) is 6.07 Å². The van der Waals surface area contributed by atoms with Crippen molar-refractivity contribution in [1.82, 2.24) is 0 Å². The summed E-state index contributed by atoms with van der Waals surface area (Å²) < 4.78 is 11.7. The molecule has 0 aliphatic heterocycles. The van der Waals surface area contributed by atoms with Crippen LogP contribution in [0.2, 0.25) is 10.0 Å². The van der Waals surface area contributed by atoms with Crippen LogP contribution in [-0.2, 0) is 0 Å². The first-order valence-electron chi connectivity index (χ1n) is 2.55. The summed E-state index contributed by atoms with van der Waals surface area (Å²) >= 11 is 11.1. The topological polar surface area (TPSA) is 12.0 Å². The molecule has 4 heteroatoms. The molecule has 1 N–H and O–H groups in total. The summed E-state index contributed by atoms with van der Waals surface area (Å²) in [4.78, 5) is 0. The molecule has 0 heterocycles. The van der Waals surface area contributed by atoms with Gasteiger partial charge in [-0.3, -0.25) is 0 Å². The normalized spacial score (nSPS) is 9.50. The van der Waals surface area contributed by atoms with Gasteiger partial charge in [-0.2, -0.15) is 0 Å². The maximum Gasteiger partial charge on any atom is 0.0842 e. The fourth-order valence-electron chi connectivity index (χ4n) is 0.566. The maximum absolute atomic E-state index is 11.7. The van der Waals surface area contributed by atoms with E-state index in [1.807, 2.05) is 0 Å². The molecule has 0 radical (unpaired) electrons. The lowest BCUT2D eigenvalue weighted by molar-refractivity contribution is 0.618. The molecule has 0 aliphatic rings. The Morgan fingerprint density at radius 2 is 2.00 bits per heavy atom. The van der Waals surface area contributed by atoms with Crippen LogP contribution in [0, 0.1) is 0 Å². The summed E-state index contributed by atoms with van der Waals surface area (Å²) in [7, 11) is 0. The Hall–Kier alpha value is -0.470. The Balaban J connectivity index is 3.07. The molecule has 10 heavy (non-hydrogen) atoms. The van der Waals surface area contributed by atoms with Gasteiger partial charge in [-0.25, -0.2) is 5.54 Å². The van der Waals surface area contributed by atoms with Crippen molar-refractivity contribution >= 4 is 28.9 Å². The molecule has 54 valence electrons. The highest BCUT2D eigenvalue weighted by Gasteiger charge is 1.98. The first kappa shape index (κ1) is 7.63. The lowest BCUT2D eigenvalue weighted by Gasteiger charge is -1.98. The highest BCUT2D eigenvalue weighted by Crippen LogP contribution is 2.24. The minimum Gasteiger partial charge on any atom is -0.223 e. The van der Waals surface area contributed by atoms with E-state index in [4.69, 9.17) is 23.2 Å². The van der Waals surface area contributed by atoms with Crippen LogP contribution >= 0.6 is 23.2 Å². The van der Waals surface area contributed by atoms with Crippen LogP contribution < -0.4 is 5.54 Å². The van der Waals surface area contributed by atoms with Crippen molar-refractivity contribution in [2.75, 3.05) is 5.54 Å². The Labute approximate surface area is 67.7 Å². The van der Waals surface area contributed by atoms with Crippen molar-refractivity contribution in [3.8, 4) is 0 Å². The van der Waals surface area contributed by atoms with E-state index >= 15 is 0 Å². The molecule has 0 aromatic heterocycles. The van der Waals surface area contributed by atoms with Crippen LogP contribution in [-0.4, -0.2) is 0 Å². The molecule has 0 bridgehead atoms. The van der Waals surface area contributed by atoms with E-state index in [2.05, 4.69) is 0 Å². The molecule has 1 aromatic rings. The van der Waals surface area contributed by atoms with Gasteiger partial charge in [-0.05, 0) is 18.2 Å². The minimum atomic E-state index is 0.228. The molecule has 0 spiro atoms. The van der Waals surface area contributed by atoms with Crippen molar-refractivity contribution in [1.29, 1.82) is 0 Å². The maximum atomic E-state index is 11.7. The molecule has 1 aromatic carbocycles.